The Hall–Kier alpha value is -1.63. The molecule has 0 spiro atoms. The van der Waals surface area contributed by atoms with Crippen molar-refractivity contribution in [1.82, 2.24) is 5.32 Å². The summed E-state index contributed by atoms with van der Waals surface area (Å²) in [7, 11) is 0. The van der Waals surface area contributed by atoms with Gasteiger partial charge in [0.1, 0.15) is 11.9 Å². The van der Waals surface area contributed by atoms with Crippen molar-refractivity contribution in [3.8, 4) is 0 Å². The number of carbonyl (C=O) groups excluding carboxylic acids is 1. The molecule has 1 aromatic rings. The molecule has 0 fully saturated rings. The molecule has 3 N–H and O–H groups in total. The fourth-order valence-electron chi connectivity index (χ4n) is 1.44. The molecule has 5 nitrogen and oxygen atoms in total. The van der Waals surface area contributed by atoms with Gasteiger partial charge >= 0.3 is 12.0 Å². The highest BCUT2D eigenvalue weighted by Gasteiger charge is 2.18. The lowest BCUT2D eigenvalue weighted by Gasteiger charge is -2.14. The first kappa shape index (κ1) is 15.4. The summed E-state index contributed by atoms with van der Waals surface area (Å²) in [6.07, 6.45) is 0.273. The number of amides is 2. The van der Waals surface area contributed by atoms with Gasteiger partial charge in [-0.2, -0.15) is 0 Å². The number of anilines is 1. The van der Waals surface area contributed by atoms with Crippen LogP contribution in [-0.4, -0.2) is 23.1 Å². The first-order valence-corrected chi connectivity index (χ1v) is 6.40. The van der Waals surface area contributed by atoms with Crippen molar-refractivity contribution < 1.29 is 19.1 Å². The lowest BCUT2D eigenvalue weighted by molar-refractivity contribution is -0.139. The molecule has 1 rings (SSSR count). The number of aryl methyl sites for hydroxylation is 1. The number of carbonyl (C=O) groups is 2. The molecule has 0 aliphatic rings. The van der Waals surface area contributed by atoms with E-state index in [1.807, 2.05) is 0 Å². The highest BCUT2D eigenvalue weighted by molar-refractivity contribution is 9.10. The van der Waals surface area contributed by atoms with Gasteiger partial charge in [-0.3, -0.25) is 0 Å². The highest BCUT2D eigenvalue weighted by Crippen LogP contribution is 2.24. The van der Waals surface area contributed by atoms with Crippen molar-refractivity contribution in [2.45, 2.75) is 26.3 Å². The molecule has 1 atom stereocenters. The van der Waals surface area contributed by atoms with Crippen molar-refractivity contribution in [3.05, 3.63) is 28.0 Å². The fraction of sp³-hybridized carbons (Fsp3) is 0.333. The average Bonchev–Trinajstić information content (AvgIpc) is 2.32. The molecule has 19 heavy (non-hydrogen) atoms. The Bertz CT molecular complexity index is 508. The van der Waals surface area contributed by atoms with E-state index in [1.54, 1.807) is 13.8 Å². The van der Waals surface area contributed by atoms with Gasteiger partial charge in [0.05, 0.1) is 4.47 Å². The Labute approximate surface area is 118 Å². The summed E-state index contributed by atoms with van der Waals surface area (Å²) in [5, 5.41) is 13.6. The van der Waals surface area contributed by atoms with Crippen molar-refractivity contribution in [1.29, 1.82) is 0 Å². The SMILES string of the molecule is CC[C@H](NC(=O)Nc1cc(Br)c(F)cc1C)C(=O)O. The first-order valence-electron chi connectivity index (χ1n) is 5.61. The third kappa shape index (κ3) is 4.20. The van der Waals surface area contributed by atoms with Crippen LogP contribution in [0.15, 0.2) is 16.6 Å². The fourth-order valence-corrected chi connectivity index (χ4v) is 1.78. The predicted molar refractivity (Wildman–Crippen MR) is 72.7 cm³/mol. The van der Waals surface area contributed by atoms with E-state index in [0.29, 0.717) is 11.3 Å². The molecule has 0 heterocycles. The number of aliphatic carboxylic acids is 1. The van der Waals surface area contributed by atoms with Crippen molar-refractivity contribution >= 4 is 33.6 Å². The number of carboxylic acids is 1. The van der Waals surface area contributed by atoms with Crippen LogP contribution in [0.3, 0.4) is 0 Å². The molecule has 0 aliphatic carbocycles. The van der Waals surface area contributed by atoms with Gasteiger partial charge in [-0.15, -0.1) is 0 Å². The van der Waals surface area contributed by atoms with E-state index in [9.17, 15) is 14.0 Å². The number of urea groups is 1. The zero-order valence-corrected chi connectivity index (χ0v) is 12.0. The maximum atomic E-state index is 13.2. The number of rotatable bonds is 4. The molecular weight excluding hydrogens is 319 g/mol. The van der Waals surface area contributed by atoms with Crippen LogP contribution in [0.5, 0.6) is 0 Å². The summed E-state index contributed by atoms with van der Waals surface area (Å²) in [5.74, 6) is -1.53. The second-order valence-corrected chi connectivity index (χ2v) is 4.83. The van der Waals surface area contributed by atoms with E-state index in [4.69, 9.17) is 5.11 Å². The third-order valence-electron chi connectivity index (χ3n) is 2.53. The lowest BCUT2D eigenvalue weighted by Crippen LogP contribution is -2.42. The summed E-state index contributed by atoms with van der Waals surface area (Å²) in [6.45, 7) is 3.29. The van der Waals surface area contributed by atoms with Gasteiger partial charge in [-0.05, 0) is 47.0 Å². The molecule has 0 saturated heterocycles. The minimum atomic E-state index is -1.10. The van der Waals surface area contributed by atoms with Crippen molar-refractivity contribution in [3.63, 3.8) is 0 Å². The quantitative estimate of drug-likeness (QED) is 0.793. The van der Waals surface area contributed by atoms with Crippen LogP contribution in [0.1, 0.15) is 18.9 Å². The summed E-state index contributed by atoms with van der Waals surface area (Å²) < 4.78 is 13.4. The highest BCUT2D eigenvalue weighted by atomic mass is 79.9. The number of benzene rings is 1. The summed E-state index contributed by atoms with van der Waals surface area (Å²) in [5.41, 5.74) is 0.949. The molecule has 7 heteroatoms. The van der Waals surface area contributed by atoms with Gasteiger partial charge in [0.15, 0.2) is 0 Å². The minimum absolute atomic E-state index is 0.221. The third-order valence-corrected chi connectivity index (χ3v) is 3.13. The van der Waals surface area contributed by atoms with Crippen LogP contribution < -0.4 is 10.6 Å². The van der Waals surface area contributed by atoms with Crippen LogP contribution in [0.4, 0.5) is 14.9 Å². The number of carboxylic acid groups (broad SMARTS) is 1. The van der Waals surface area contributed by atoms with E-state index in [0.717, 1.165) is 0 Å². The Morgan fingerprint density at radius 2 is 2.11 bits per heavy atom. The van der Waals surface area contributed by atoms with Crippen LogP contribution >= 0.6 is 15.9 Å². The maximum Gasteiger partial charge on any atom is 0.326 e. The van der Waals surface area contributed by atoms with Gasteiger partial charge in [0.25, 0.3) is 0 Å². The van der Waals surface area contributed by atoms with Crippen LogP contribution in [0.25, 0.3) is 0 Å². The largest absolute Gasteiger partial charge is 0.480 e. The average molecular weight is 333 g/mol. The van der Waals surface area contributed by atoms with E-state index in [-0.39, 0.29) is 10.9 Å². The van der Waals surface area contributed by atoms with Crippen LogP contribution in [0.2, 0.25) is 0 Å². The number of hydrogen-bond donors (Lipinski definition) is 3. The predicted octanol–water partition coefficient (Wildman–Crippen LogP) is 2.88. The van der Waals surface area contributed by atoms with E-state index in [1.165, 1.54) is 12.1 Å². The van der Waals surface area contributed by atoms with Gasteiger partial charge in [-0.1, -0.05) is 6.92 Å². The number of hydrogen-bond acceptors (Lipinski definition) is 2. The summed E-state index contributed by atoms with van der Waals surface area (Å²) >= 11 is 3.02. The van der Waals surface area contributed by atoms with Gasteiger partial charge in [0.2, 0.25) is 0 Å². The molecule has 2 amide bonds. The molecule has 1 aromatic carbocycles. The smallest absolute Gasteiger partial charge is 0.326 e. The van der Waals surface area contributed by atoms with Gasteiger partial charge < -0.3 is 15.7 Å². The summed E-state index contributed by atoms with van der Waals surface area (Å²) in [6, 6.07) is 1.10. The first-order chi connectivity index (χ1) is 8.85. The van der Waals surface area contributed by atoms with Crippen LogP contribution in [0, 0.1) is 12.7 Å². The lowest BCUT2D eigenvalue weighted by atomic mass is 10.2. The zero-order chi connectivity index (χ0) is 14.6. The van der Waals surface area contributed by atoms with E-state index >= 15 is 0 Å². The van der Waals surface area contributed by atoms with Crippen LogP contribution in [-0.2, 0) is 4.79 Å². The second-order valence-electron chi connectivity index (χ2n) is 3.98. The second kappa shape index (κ2) is 6.51. The molecule has 104 valence electrons. The molecule has 0 bridgehead atoms. The molecule has 0 aromatic heterocycles. The number of halogens is 2. The summed E-state index contributed by atoms with van der Waals surface area (Å²) in [4.78, 5) is 22.4. The molecule has 0 saturated carbocycles. The Morgan fingerprint density at radius 3 is 2.63 bits per heavy atom. The normalized spacial score (nSPS) is 11.8. The maximum absolute atomic E-state index is 13.2. The molecule has 0 radical (unpaired) electrons. The van der Waals surface area contributed by atoms with E-state index in [2.05, 4.69) is 26.6 Å². The molecular formula is C12H14BrFN2O3. The Kier molecular flexibility index (Phi) is 5.29. The monoisotopic (exact) mass is 332 g/mol. The molecule has 0 unspecified atom stereocenters. The minimum Gasteiger partial charge on any atom is -0.480 e. The number of nitrogens with one attached hydrogen (secondary N) is 2. The zero-order valence-electron chi connectivity index (χ0n) is 10.5. The van der Waals surface area contributed by atoms with Crippen molar-refractivity contribution in [2.75, 3.05) is 5.32 Å². The molecule has 0 aliphatic heterocycles. The standard InChI is InChI=1S/C12H14BrFN2O3/c1-3-9(11(17)18)15-12(19)16-10-5-7(13)8(14)4-6(10)2/h4-5,9H,3H2,1-2H3,(H,17,18)(H2,15,16,19)/t9-/m0/s1. The topological polar surface area (TPSA) is 78.4 Å². The van der Waals surface area contributed by atoms with Gasteiger partial charge in [0, 0.05) is 5.69 Å². The van der Waals surface area contributed by atoms with E-state index < -0.39 is 23.9 Å². The van der Waals surface area contributed by atoms with Crippen molar-refractivity contribution in [2.24, 2.45) is 0 Å². The Balaban J connectivity index is 2.77. The van der Waals surface area contributed by atoms with Gasteiger partial charge in [-0.25, -0.2) is 14.0 Å². The Morgan fingerprint density at radius 1 is 1.47 bits per heavy atom.